The summed E-state index contributed by atoms with van der Waals surface area (Å²) in [5.74, 6) is 0.168. The molecule has 2 aliphatic carbocycles. The first-order chi connectivity index (χ1) is 12.7. The predicted molar refractivity (Wildman–Crippen MR) is 116 cm³/mol. The van der Waals surface area contributed by atoms with Crippen molar-refractivity contribution in [2.75, 3.05) is 0 Å². The van der Waals surface area contributed by atoms with E-state index in [0.717, 1.165) is 31.6 Å². The largest absolute Gasteiger partial charge is 0.284 e. The molecule has 1 amide bonds. The molecule has 3 nitrogen and oxygen atoms in total. The van der Waals surface area contributed by atoms with Gasteiger partial charge in [-0.15, -0.1) is 11.3 Å². The first kappa shape index (κ1) is 18.8. The Kier molecular flexibility index (Phi) is 6.21. The molecule has 1 aliphatic heterocycles. The molecular formula is C20H25BrN2OS2. The van der Waals surface area contributed by atoms with Gasteiger partial charge in [0.25, 0.3) is 5.91 Å². The average Bonchev–Trinajstić information content (AvgIpc) is 3.20. The minimum atomic E-state index is 0.168. The number of carbonyl (C=O) groups excluding carboxylic acids is 1. The Labute approximate surface area is 172 Å². The first-order valence-electron chi connectivity index (χ1n) is 9.77. The minimum Gasteiger partial charge on any atom is -0.284 e. The number of aliphatic imine (C=N–C) groups is 1. The molecule has 0 N–H and O–H groups in total. The summed E-state index contributed by atoms with van der Waals surface area (Å²) in [5.41, 5.74) is 0. The zero-order valence-corrected chi connectivity index (χ0v) is 18.2. The van der Waals surface area contributed by atoms with Crippen molar-refractivity contribution < 1.29 is 4.79 Å². The third kappa shape index (κ3) is 4.28. The number of thioether (sulfide) groups is 1. The molecular weight excluding hydrogens is 428 g/mol. The van der Waals surface area contributed by atoms with Crippen LogP contribution in [0.25, 0.3) is 6.08 Å². The van der Waals surface area contributed by atoms with Gasteiger partial charge in [-0.3, -0.25) is 14.7 Å². The lowest BCUT2D eigenvalue weighted by atomic mass is 9.94. The number of amidine groups is 1. The highest BCUT2D eigenvalue weighted by atomic mass is 79.9. The molecule has 0 bridgehead atoms. The fourth-order valence-electron chi connectivity index (χ4n) is 4.14. The van der Waals surface area contributed by atoms with Gasteiger partial charge in [0.05, 0.1) is 14.7 Å². The molecule has 3 fully saturated rings. The van der Waals surface area contributed by atoms with Crippen LogP contribution in [0.5, 0.6) is 0 Å². The van der Waals surface area contributed by atoms with Crippen LogP contribution in [0.15, 0.2) is 25.8 Å². The van der Waals surface area contributed by atoms with E-state index in [-0.39, 0.29) is 5.91 Å². The zero-order chi connectivity index (χ0) is 17.9. The summed E-state index contributed by atoms with van der Waals surface area (Å²) in [6, 6.07) is 4.85. The summed E-state index contributed by atoms with van der Waals surface area (Å²) in [6.07, 6.45) is 14.3. The molecule has 140 valence electrons. The number of hydrogen-bond acceptors (Lipinski definition) is 4. The van der Waals surface area contributed by atoms with Gasteiger partial charge in [0, 0.05) is 10.9 Å². The molecule has 2 heterocycles. The maximum Gasteiger partial charge on any atom is 0.267 e. The lowest BCUT2D eigenvalue weighted by molar-refractivity contribution is -0.124. The van der Waals surface area contributed by atoms with Gasteiger partial charge in [-0.2, -0.15) is 0 Å². The van der Waals surface area contributed by atoms with E-state index in [1.807, 2.05) is 17.0 Å². The molecule has 1 aromatic heterocycles. The van der Waals surface area contributed by atoms with Gasteiger partial charge in [0.15, 0.2) is 5.17 Å². The molecule has 0 atom stereocenters. The zero-order valence-electron chi connectivity index (χ0n) is 15.0. The standard InChI is InChI=1S/C20H25BrN2OS2/c21-18-12-11-16(25-18)13-17-19(24)23(15-9-5-2-6-10-15)20(26-17)22-14-7-3-1-4-8-14/h11-15H,1-10H2. The monoisotopic (exact) mass is 452 g/mol. The van der Waals surface area contributed by atoms with Gasteiger partial charge < -0.3 is 0 Å². The summed E-state index contributed by atoms with van der Waals surface area (Å²) in [6.45, 7) is 0. The molecule has 1 saturated heterocycles. The Balaban J connectivity index is 1.61. The van der Waals surface area contributed by atoms with Crippen LogP contribution < -0.4 is 0 Å². The topological polar surface area (TPSA) is 32.7 Å². The molecule has 0 spiro atoms. The lowest BCUT2D eigenvalue weighted by Crippen LogP contribution is -2.41. The summed E-state index contributed by atoms with van der Waals surface area (Å²) in [4.78, 5) is 22.3. The van der Waals surface area contributed by atoms with E-state index in [2.05, 4.69) is 22.0 Å². The molecule has 3 aliphatic rings. The number of halogens is 1. The van der Waals surface area contributed by atoms with Crippen LogP contribution in [0.3, 0.4) is 0 Å². The Morgan fingerprint density at radius 2 is 1.73 bits per heavy atom. The number of carbonyl (C=O) groups is 1. The Morgan fingerprint density at radius 1 is 1.04 bits per heavy atom. The van der Waals surface area contributed by atoms with E-state index >= 15 is 0 Å². The second-order valence-electron chi connectivity index (χ2n) is 7.42. The summed E-state index contributed by atoms with van der Waals surface area (Å²) < 4.78 is 1.10. The molecule has 2 saturated carbocycles. The molecule has 0 radical (unpaired) electrons. The SMILES string of the molecule is O=C1C(=Cc2ccc(Br)s2)SC(=NC2CCCCC2)N1C1CCCCC1. The minimum absolute atomic E-state index is 0.168. The quantitative estimate of drug-likeness (QED) is 0.493. The van der Waals surface area contributed by atoms with Crippen LogP contribution in [0, 0.1) is 0 Å². The van der Waals surface area contributed by atoms with Gasteiger partial charge in [-0.25, -0.2) is 0 Å². The number of amides is 1. The fourth-order valence-corrected chi connectivity index (χ4v) is 6.68. The van der Waals surface area contributed by atoms with Crippen LogP contribution in [-0.2, 0) is 4.79 Å². The Hall–Kier alpha value is -0.590. The van der Waals surface area contributed by atoms with E-state index in [0.29, 0.717) is 12.1 Å². The number of hydrogen-bond donors (Lipinski definition) is 0. The second-order valence-corrected chi connectivity index (χ2v) is 10.9. The van der Waals surface area contributed by atoms with E-state index in [4.69, 9.17) is 4.99 Å². The van der Waals surface area contributed by atoms with Crippen molar-refractivity contribution in [3.05, 3.63) is 25.7 Å². The summed E-state index contributed by atoms with van der Waals surface area (Å²) in [7, 11) is 0. The number of rotatable bonds is 3. The van der Waals surface area contributed by atoms with Crippen molar-refractivity contribution in [1.29, 1.82) is 0 Å². The fraction of sp³-hybridized carbons (Fsp3) is 0.600. The Morgan fingerprint density at radius 3 is 2.38 bits per heavy atom. The van der Waals surface area contributed by atoms with Gasteiger partial charge in [0.1, 0.15) is 0 Å². The van der Waals surface area contributed by atoms with Crippen molar-refractivity contribution in [3.8, 4) is 0 Å². The van der Waals surface area contributed by atoms with Crippen LogP contribution in [0.2, 0.25) is 0 Å². The number of thiophene rings is 1. The second kappa shape index (κ2) is 8.61. The van der Waals surface area contributed by atoms with Crippen LogP contribution in [0.4, 0.5) is 0 Å². The normalized spacial score (nSPS) is 26.3. The third-order valence-electron chi connectivity index (χ3n) is 5.51. The Bertz CT molecular complexity index is 715. The third-order valence-corrected chi connectivity index (χ3v) is 8.08. The van der Waals surface area contributed by atoms with Crippen molar-refractivity contribution in [1.82, 2.24) is 4.90 Å². The molecule has 0 aromatic carbocycles. The van der Waals surface area contributed by atoms with Crippen LogP contribution in [0.1, 0.15) is 69.1 Å². The predicted octanol–water partition coefficient (Wildman–Crippen LogP) is 6.45. The number of nitrogens with zero attached hydrogens (tertiary/aromatic N) is 2. The van der Waals surface area contributed by atoms with Gasteiger partial charge in [-0.05, 0) is 71.6 Å². The van der Waals surface area contributed by atoms with Crippen LogP contribution in [-0.4, -0.2) is 28.1 Å². The molecule has 1 aromatic rings. The summed E-state index contributed by atoms with van der Waals surface area (Å²) >= 11 is 6.78. The van der Waals surface area contributed by atoms with E-state index < -0.39 is 0 Å². The van der Waals surface area contributed by atoms with Crippen molar-refractivity contribution in [2.24, 2.45) is 4.99 Å². The van der Waals surface area contributed by atoms with Crippen molar-refractivity contribution in [2.45, 2.75) is 76.3 Å². The maximum absolute atomic E-state index is 13.2. The first-order valence-corrected chi connectivity index (χ1v) is 12.2. The molecule has 26 heavy (non-hydrogen) atoms. The highest BCUT2D eigenvalue weighted by Gasteiger charge is 2.39. The van der Waals surface area contributed by atoms with E-state index in [9.17, 15) is 4.79 Å². The van der Waals surface area contributed by atoms with Crippen LogP contribution >= 0.6 is 39.0 Å². The van der Waals surface area contributed by atoms with E-state index in [1.165, 1.54) is 51.4 Å². The summed E-state index contributed by atoms with van der Waals surface area (Å²) in [5, 5.41) is 0.968. The van der Waals surface area contributed by atoms with Crippen molar-refractivity contribution >= 4 is 56.2 Å². The highest BCUT2D eigenvalue weighted by molar-refractivity contribution is 9.11. The highest BCUT2D eigenvalue weighted by Crippen LogP contribution is 2.39. The van der Waals surface area contributed by atoms with Gasteiger partial charge >= 0.3 is 0 Å². The molecule has 6 heteroatoms. The molecule has 4 rings (SSSR count). The maximum atomic E-state index is 13.2. The smallest absolute Gasteiger partial charge is 0.267 e. The van der Waals surface area contributed by atoms with Gasteiger partial charge in [0.2, 0.25) is 0 Å². The van der Waals surface area contributed by atoms with E-state index in [1.54, 1.807) is 23.1 Å². The molecule has 0 unspecified atom stereocenters. The lowest BCUT2D eigenvalue weighted by Gasteiger charge is -2.31. The van der Waals surface area contributed by atoms with Crippen molar-refractivity contribution in [3.63, 3.8) is 0 Å². The average molecular weight is 453 g/mol. The van der Waals surface area contributed by atoms with Gasteiger partial charge in [-0.1, -0.05) is 38.5 Å².